The fourth-order valence-electron chi connectivity index (χ4n) is 3.56. The molecule has 158 valence electrons. The largest absolute Gasteiger partial charge is 0.493 e. The molecule has 3 aromatic rings. The van der Waals surface area contributed by atoms with E-state index in [0.717, 1.165) is 10.4 Å². The van der Waals surface area contributed by atoms with Gasteiger partial charge in [-0.05, 0) is 47.0 Å². The number of rotatable bonds is 4. The third-order valence-corrected chi connectivity index (χ3v) is 6.64. The molecule has 8 nitrogen and oxygen atoms in total. The summed E-state index contributed by atoms with van der Waals surface area (Å²) in [4.78, 5) is 35.9. The van der Waals surface area contributed by atoms with E-state index < -0.39 is 0 Å². The minimum Gasteiger partial charge on any atom is -0.493 e. The van der Waals surface area contributed by atoms with Crippen LogP contribution in [0.5, 0.6) is 11.5 Å². The first-order valence-corrected chi connectivity index (χ1v) is 11.0. The van der Waals surface area contributed by atoms with Crippen molar-refractivity contribution in [3.8, 4) is 22.9 Å². The quantitative estimate of drug-likeness (QED) is 0.591. The fourth-order valence-corrected chi connectivity index (χ4v) is 5.40. The van der Waals surface area contributed by atoms with Gasteiger partial charge in [0, 0.05) is 17.0 Å². The lowest BCUT2D eigenvalue weighted by molar-refractivity contribution is 0.103. The summed E-state index contributed by atoms with van der Waals surface area (Å²) < 4.78 is 16.5. The van der Waals surface area contributed by atoms with Crippen molar-refractivity contribution < 1.29 is 19.0 Å². The summed E-state index contributed by atoms with van der Waals surface area (Å²) in [6.07, 6.45) is 0.263. The van der Waals surface area contributed by atoms with Crippen LogP contribution in [-0.4, -0.2) is 48.3 Å². The molecule has 0 bridgehead atoms. The van der Waals surface area contributed by atoms with E-state index in [-0.39, 0.29) is 11.7 Å². The molecule has 1 N–H and O–H groups in total. The average Bonchev–Trinajstić information content (AvgIpc) is 3.11. The molecule has 0 aliphatic carbocycles. The number of aromatic amines is 1. The van der Waals surface area contributed by atoms with E-state index in [2.05, 4.69) is 20.9 Å². The Bertz CT molecular complexity index is 1190. The molecule has 1 amide bonds. The number of amides is 1. The number of hydrogen-bond acceptors (Lipinski definition) is 7. The predicted octanol–water partition coefficient (Wildman–Crippen LogP) is 3.95. The molecular weight excluding hydrogens is 474 g/mol. The van der Waals surface area contributed by atoms with Crippen molar-refractivity contribution in [2.24, 2.45) is 0 Å². The van der Waals surface area contributed by atoms with Crippen molar-refractivity contribution >= 4 is 43.6 Å². The molecule has 0 radical (unpaired) electrons. The summed E-state index contributed by atoms with van der Waals surface area (Å²) in [7, 11) is 3.11. The van der Waals surface area contributed by atoms with Gasteiger partial charge in [-0.15, -0.1) is 11.3 Å². The zero-order valence-corrected chi connectivity index (χ0v) is 19.1. The van der Waals surface area contributed by atoms with Gasteiger partial charge in [-0.25, -0.2) is 9.78 Å². The lowest BCUT2D eigenvalue weighted by atomic mass is 10.1. The molecule has 0 atom stereocenters. The van der Waals surface area contributed by atoms with Crippen LogP contribution in [0, 0.1) is 0 Å². The number of nitrogens with zero attached hydrogens (tertiary/aromatic N) is 2. The van der Waals surface area contributed by atoms with Crippen LogP contribution in [0.25, 0.3) is 21.6 Å². The van der Waals surface area contributed by atoms with Gasteiger partial charge in [-0.1, -0.05) is 0 Å². The highest BCUT2D eigenvalue weighted by atomic mass is 79.9. The van der Waals surface area contributed by atoms with E-state index in [1.807, 2.05) is 6.07 Å². The minimum absolute atomic E-state index is 0.192. The molecule has 0 saturated heterocycles. The number of thiophene rings is 1. The van der Waals surface area contributed by atoms with Crippen molar-refractivity contribution in [1.82, 2.24) is 14.9 Å². The highest BCUT2D eigenvalue weighted by Crippen LogP contribution is 2.39. The third kappa shape index (κ3) is 3.54. The topological polar surface area (TPSA) is 93.8 Å². The number of H-pyrrole nitrogens is 1. The van der Waals surface area contributed by atoms with Crippen molar-refractivity contribution in [2.75, 3.05) is 27.4 Å². The fraction of sp³-hybridized carbons (Fsp3) is 0.350. The number of fused-ring (bicyclic) bond motifs is 3. The molecule has 1 aromatic carbocycles. The Hall–Kier alpha value is -2.59. The van der Waals surface area contributed by atoms with Crippen LogP contribution in [0.4, 0.5) is 4.79 Å². The Balaban J connectivity index is 1.77. The van der Waals surface area contributed by atoms with Gasteiger partial charge in [0.15, 0.2) is 11.5 Å². The number of halogens is 1. The van der Waals surface area contributed by atoms with E-state index in [9.17, 15) is 9.59 Å². The van der Waals surface area contributed by atoms with Gasteiger partial charge in [-0.2, -0.15) is 0 Å². The molecule has 4 rings (SSSR count). The van der Waals surface area contributed by atoms with Gasteiger partial charge in [0.1, 0.15) is 10.7 Å². The smallest absolute Gasteiger partial charge is 0.410 e. The van der Waals surface area contributed by atoms with Crippen molar-refractivity contribution in [3.05, 3.63) is 37.4 Å². The maximum absolute atomic E-state index is 12.9. The van der Waals surface area contributed by atoms with Crippen LogP contribution in [0.2, 0.25) is 0 Å². The molecule has 0 saturated carbocycles. The zero-order valence-electron chi connectivity index (χ0n) is 16.7. The van der Waals surface area contributed by atoms with Crippen LogP contribution in [0.3, 0.4) is 0 Å². The molecule has 0 unspecified atom stereocenters. The Morgan fingerprint density at radius 2 is 2.13 bits per heavy atom. The number of hydrogen-bond donors (Lipinski definition) is 1. The number of aromatic nitrogens is 2. The number of methoxy groups -OCH3 is 2. The maximum atomic E-state index is 12.9. The van der Waals surface area contributed by atoms with Gasteiger partial charge in [-0.3, -0.25) is 4.79 Å². The van der Waals surface area contributed by atoms with E-state index in [4.69, 9.17) is 19.2 Å². The van der Waals surface area contributed by atoms with Crippen LogP contribution in [0.1, 0.15) is 17.4 Å². The van der Waals surface area contributed by atoms with E-state index in [1.54, 1.807) is 32.1 Å². The number of nitrogens with one attached hydrogen (secondary N) is 1. The monoisotopic (exact) mass is 493 g/mol. The Kier molecular flexibility index (Phi) is 5.70. The second-order valence-electron chi connectivity index (χ2n) is 6.66. The number of benzene rings is 1. The molecule has 1 aliphatic rings. The van der Waals surface area contributed by atoms with Crippen LogP contribution in [-0.2, 0) is 17.7 Å². The van der Waals surface area contributed by atoms with Gasteiger partial charge >= 0.3 is 6.09 Å². The first-order valence-electron chi connectivity index (χ1n) is 9.35. The highest BCUT2D eigenvalue weighted by molar-refractivity contribution is 9.10. The van der Waals surface area contributed by atoms with E-state index >= 15 is 0 Å². The first kappa shape index (κ1) is 20.7. The van der Waals surface area contributed by atoms with Gasteiger partial charge in [0.25, 0.3) is 5.56 Å². The van der Waals surface area contributed by atoms with Crippen molar-refractivity contribution in [1.29, 1.82) is 0 Å². The lowest BCUT2D eigenvalue weighted by Crippen LogP contribution is -2.35. The summed E-state index contributed by atoms with van der Waals surface area (Å²) in [6, 6.07) is 3.59. The summed E-state index contributed by atoms with van der Waals surface area (Å²) in [6.45, 7) is 3.05. The van der Waals surface area contributed by atoms with Crippen LogP contribution < -0.4 is 15.0 Å². The van der Waals surface area contributed by atoms with Gasteiger partial charge in [0.2, 0.25) is 0 Å². The Morgan fingerprint density at radius 1 is 1.33 bits per heavy atom. The zero-order chi connectivity index (χ0) is 21.4. The van der Waals surface area contributed by atoms with Crippen LogP contribution >= 0.6 is 27.3 Å². The maximum Gasteiger partial charge on any atom is 0.410 e. The Labute approximate surface area is 184 Å². The van der Waals surface area contributed by atoms with Gasteiger partial charge in [0.05, 0.1) is 37.2 Å². The second-order valence-corrected chi connectivity index (χ2v) is 8.60. The lowest BCUT2D eigenvalue weighted by Gasteiger charge is -2.25. The minimum atomic E-state index is -0.335. The average molecular weight is 494 g/mol. The normalized spacial score (nSPS) is 13.3. The summed E-state index contributed by atoms with van der Waals surface area (Å²) in [5.74, 6) is 1.53. The number of ether oxygens (including phenoxy) is 3. The van der Waals surface area contributed by atoms with E-state index in [0.29, 0.717) is 63.7 Å². The molecule has 10 heteroatoms. The van der Waals surface area contributed by atoms with Crippen molar-refractivity contribution in [3.63, 3.8) is 0 Å². The molecule has 2 aromatic heterocycles. The standard InChI is InChI=1S/C20H20BrN3O5S/c1-4-29-20(26)24-6-5-11-14(9-24)30-19-15(11)18(25)22-17(23-19)10-7-12(21)16(28-3)13(8-10)27-2/h7-8H,4-6,9H2,1-3H3,(H,22,23,25). The predicted molar refractivity (Wildman–Crippen MR) is 118 cm³/mol. The number of carbonyl (C=O) groups excluding carboxylic acids is 1. The molecule has 1 aliphatic heterocycles. The van der Waals surface area contributed by atoms with E-state index in [1.165, 1.54) is 11.3 Å². The second kappa shape index (κ2) is 8.27. The summed E-state index contributed by atoms with van der Waals surface area (Å²) in [5, 5.41) is 0.599. The molecule has 3 heterocycles. The van der Waals surface area contributed by atoms with Crippen LogP contribution in [0.15, 0.2) is 21.4 Å². The SMILES string of the molecule is CCOC(=O)N1CCc2c(sc3nc(-c4cc(Br)c(OC)c(OC)c4)[nH]c(=O)c23)C1. The molecule has 0 spiro atoms. The van der Waals surface area contributed by atoms with Crippen molar-refractivity contribution in [2.45, 2.75) is 19.9 Å². The Morgan fingerprint density at radius 3 is 2.83 bits per heavy atom. The summed E-state index contributed by atoms with van der Waals surface area (Å²) in [5.41, 5.74) is 1.46. The van der Waals surface area contributed by atoms with Gasteiger partial charge < -0.3 is 24.1 Å². The summed E-state index contributed by atoms with van der Waals surface area (Å²) >= 11 is 4.91. The molecule has 0 fully saturated rings. The third-order valence-electron chi connectivity index (χ3n) is 4.94. The number of carbonyl (C=O) groups is 1. The first-order chi connectivity index (χ1) is 14.5. The molecular formula is C20H20BrN3O5S. The highest BCUT2D eigenvalue weighted by Gasteiger charge is 2.27. The molecule has 30 heavy (non-hydrogen) atoms.